The molecule has 3 aromatic rings. The van der Waals surface area contributed by atoms with Crippen molar-refractivity contribution < 1.29 is 17.7 Å². The summed E-state index contributed by atoms with van der Waals surface area (Å²) in [7, 11) is 0. The van der Waals surface area contributed by atoms with E-state index >= 15 is 0 Å². The van der Waals surface area contributed by atoms with Gasteiger partial charge in [-0.15, -0.1) is 0 Å². The Labute approximate surface area is 112 Å². The smallest absolute Gasteiger partial charge is 0.212 e. The third kappa shape index (κ3) is 1.95. The quantitative estimate of drug-likeness (QED) is 0.773. The summed E-state index contributed by atoms with van der Waals surface area (Å²) < 4.78 is 37.4. The third-order valence-corrected chi connectivity index (χ3v) is 2.88. The summed E-state index contributed by atoms with van der Waals surface area (Å²) in [5.74, 6) is -0.146. The molecule has 2 heterocycles. The summed E-state index contributed by atoms with van der Waals surface area (Å²) >= 11 is 0. The van der Waals surface area contributed by atoms with Crippen molar-refractivity contribution in [2.75, 3.05) is 5.73 Å². The second-order valence-corrected chi connectivity index (χ2v) is 4.31. The van der Waals surface area contributed by atoms with Gasteiger partial charge in [-0.05, 0) is 31.2 Å². The normalized spacial score (nSPS) is 10.9. The van der Waals surface area contributed by atoms with E-state index in [0.717, 1.165) is 12.1 Å². The number of nitrogens with zero attached hydrogens (tertiary/aromatic N) is 1. The summed E-state index contributed by atoms with van der Waals surface area (Å²) in [4.78, 5) is 0. The Bertz CT molecular complexity index is 777. The van der Waals surface area contributed by atoms with Gasteiger partial charge in [0.2, 0.25) is 5.76 Å². The number of aromatic nitrogens is 1. The minimum atomic E-state index is -0.746. The fourth-order valence-corrected chi connectivity index (χ4v) is 1.98. The van der Waals surface area contributed by atoms with Gasteiger partial charge in [0.15, 0.2) is 11.6 Å². The molecule has 20 heavy (non-hydrogen) atoms. The average Bonchev–Trinajstić information content (AvgIpc) is 2.96. The lowest BCUT2D eigenvalue weighted by molar-refractivity contribution is 0.418. The topological polar surface area (TPSA) is 65.2 Å². The predicted molar refractivity (Wildman–Crippen MR) is 68.7 cm³/mol. The fraction of sp³-hybridized carbons (Fsp3) is 0.0714. The van der Waals surface area contributed by atoms with E-state index in [2.05, 4.69) is 5.16 Å². The van der Waals surface area contributed by atoms with Crippen LogP contribution in [0.4, 0.5) is 14.6 Å². The Morgan fingerprint density at radius 1 is 1.15 bits per heavy atom. The maximum absolute atomic E-state index is 13.9. The number of furan rings is 1. The number of rotatable bonds is 2. The van der Waals surface area contributed by atoms with Gasteiger partial charge >= 0.3 is 0 Å². The van der Waals surface area contributed by atoms with E-state index in [-0.39, 0.29) is 22.7 Å². The minimum Gasteiger partial charge on any atom is -0.458 e. The molecule has 102 valence electrons. The number of benzene rings is 1. The van der Waals surface area contributed by atoms with E-state index in [0.29, 0.717) is 11.5 Å². The first-order valence-corrected chi connectivity index (χ1v) is 5.83. The maximum atomic E-state index is 13.9. The number of hydrogen-bond acceptors (Lipinski definition) is 4. The van der Waals surface area contributed by atoms with Crippen molar-refractivity contribution in [1.82, 2.24) is 5.16 Å². The number of anilines is 1. The van der Waals surface area contributed by atoms with E-state index in [1.807, 2.05) is 0 Å². The molecule has 0 aliphatic heterocycles. The maximum Gasteiger partial charge on any atom is 0.212 e. The van der Waals surface area contributed by atoms with Crippen LogP contribution in [-0.4, -0.2) is 5.16 Å². The second-order valence-electron chi connectivity index (χ2n) is 4.31. The van der Waals surface area contributed by atoms with Gasteiger partial charge in [-0.2, -0.15) is 0 Å². The molecular weight excluding hydrogens is 266 g/mol. The van der Waals surface area contributed by atoms with Crippen molar-refractivity contribution in [1.29, 1.82) is 0 Å². The van der Waals surface area contributed by atoms with Crippen molar-refractivity contribution in [2.24, 2.45) is 0 Å². The van der Waals surface area contributed by atoms with Gasteiger partial charge in [0.05, 0.1) is 5.56 Å². The molecule has 2 N–H and O–H groups in total. The predicted octanol–water partition coefficient (Wildman–Crippen LogP) is 3.77. The Morgan fingerprint density at radius 2 is 1.95 bits per heavy atom. The lowest BCUT2D eigenvalue weighted by atomic mass is 10.0. The van der Waals surface area contributed by atoms with Crippen LogP contribution in [0.25, 0.3) is 22.6 Å². The molecule has 0 radical (unpaired) electrons. The molecule has 1 aromatic carbocycles. The molecular formula is C14H10F2N2O2. The fourth-order valence-electron chi connectivity index (χ4n) is 1.98. The molecule has 0 aliphatic carbocycles. The second kappa shape index (κ2) is 4.48. The Kier molecular flexibility index (Phi) is 2.78. The molecule has 0 unspecified atom stereocenters. The summed E-state index contributed by atoms with van der Waals surface area (Å²) in [6, 6.07) is 6.60. The molecule has 0 atom stereocenters. The molecule has 6 heteroatoms. The number of halogens is 2. The zero-order valence-corrected chi connectivity index (χ0v) is 10.5. The van der Waals surface area contributed by atoms with E-state index in [1.165, 1.54) is 6.07 Å². The first kappa shape index (κ1) is 12.4. The van der Waals surface area contributed by atoms with Crippen LogP contribution >= 0.6 is 0 Å². The van der Waals surface area contributed by atoms with Crippen LogP contribution in [0.1, 0.15) is 5.76 Å². The minimum absolute atomic E-state index is 0.0135. The van der Waals surface area contributed by atoms with Crippen molar-refractivity contribution in [3.8, 4) is 22.6 Å². The molecule has 0 bridgehead atoms. The number of hydrogen-bond donors (Lipinski definition) is 1. The van der Waals surface area contributed by atoms with Gasteiger partial charge in [-0.1, -0.05) is 5.16 Å². The zero-order valence-electron chi connectivity index (χ0n) is 10.5. The highest BCUT2D eigenvalue weighted by atomic mass is 19.1. The van der Waals surface area contributed by atoms with E-state index in [4.69, 9.17) is 14.7 Å². The van der Waals surface area contributed by atoms with E-state index in [1.54, 1.807) is 19.1 Å². The van der Waals surface area contributed by atoms with Crippen LogP contribution in [0.15, 0.2) is 39.3 Å². The van der Waals surface area contributed by atoms with E-state index < -0.39 is 11.6 Å². The molecule has 0 amide bonds. The Hall–Kier alpha value is -2.63. The van der Waals surface area contributed by atoms with Gasteiger partial charge in [0, 0.05) is 11.6 Å². The van der Waals surface area contributed by atoms with Crippen LogP contribution in [-0.2, 0) is 0 Å². The SMILES string of the molecule is Cc1ccc(-c2onc(N)c2-c2ccc(F)cc2F)o1. The lowest BCUT2D eigenvalue weighted by Crippen LogP contribution is -1.92. The van der Waals surface area contributed by atoms with Gasteiger partial charge in [0.25, 0.3) is 0 Å². The summed E-state index contributed by atoms with van der Waals surface area (Å²) in [5.41, 5.74) is 6.07. The molecule has 3 rings (SSSR count). The van der Waals surface area contributed by atoms with Crippen LogP contribution in [0.2, 0.25) is 0 Å². The van der Waals surface area contributed by atoms with Gasteiger partial charge < -0.3 is 14.7 Å². The molecule has 0 spiro atoms. The van der Waals surface area contributed by atoms with Crippen molar-refractivity contribution in [3.05, 3.63) is 47.7 Å². The monoisotopic (exact) mass is 276 g/mol. The number of nitrogens with two attached hydrogens (primary N) is 1. The summed E-state index contributed by atoms with van der Waals surface area (Å²) in [6.07, 6.45) is 0. The molecule has 0 saturated heterocycles. The van der Waals surface area contributed by atoms with Crippen molar-refractivity contribution >= 4 is 5.82 Å². The van der Waals surface area contributed by atoms with Crippen LogP contribution in [0.5, 0.6) is 0 Å². The first-order chi connectivity index (χ1) is 9.56. The van der Waals surface area contributed by atoms with Gasteiger partial charge in [-0.3, -0.25) is 0 Å². The number of nitrogen functional groups attached to an aromatic ring is 1. The van der Waals surface area contributed by atoms with Crippen LogP contribution in [0, 0.1) is 18.6 Å². The largest absolute Gasteiger partial charge is 0.458 e. The lowest BCUT2D eigenvalue weighted by Gasteiger charge is -2.03. The highest BCUT2D eigenvalue weighted by Crippen LogP contribution is 2.38. The van der Waals surface area contributed by atoms with Crippen LogP contribution < -0.4 is 5.73 Å². The van der Waals surface area contributed by atoms with Crippen molar-refractivity contribution in [3.63, 3.8) is 0 Å². The molecule has 2 aromatic heterocycles. The highest BCUT2D eigenvalue weighted by molar-refractivity contribution is 5.85. The molecule has 0 saturated carbocycles. The van der Waals surface area contributed by atoms with Gasteiger partial charge in [0.1, 0.15) is 17.4 Å². The van der Waals surface area contributed by atoms with E-state index in [9.17, 15) is 8.78 Å². The summed E-state index contributed by atoms with van der Waals surface area (Å²) in [6.45, 7) is 1.77. The standard InChI is InChI=1S/C14H10F2N2O2/c1-7-2-5-11(19-7)13-12(14(17)18-20-13)9-4-3-8(15)6-10(9)16/h2-6H,1H3,(H2,17,18). The first-order valence-electron chi connectivity index (χ1n) is 5.83. The van der Waals surface area contributed by atoms with Crippen LogP contribution in [0.3, 0.4) is 0 Å². The summed E-state index contributed by atoms with van der Waals surface area (Å²) in [5, 5.41) is 3.62. The van der Waals surface area contributed by atoms with Crippen molar-refractivity contribution in [2.45, 2.75) is 6.92 Å². The number of aryl methyl sites for hydroxylation is 1. The zero-order chi connectivity index (χ0) is 14.3. The molecule has 0 fully saturated rings. The third-order valence-electron chi connectivity index (χ3n) is 2.88. The van der Waals surface area contributed by atoms with Gasteiger partial charge in [-0.25, -0.2) is 8.78 Å². The highest BCUT2D eigenvalue weighted by Gasteiger charge is 2.22. The average molecular weight is 276 g/mol. The molecule has 4 nitrogen and oxygen atoms in total. The molecule has 0 aliphatic rings. The Balaban J connectivity index is 2.21. The Morgan fingerprint density at radius 3 is 2.60 bits per heavy atom.